The topological polar surface area (TPSA) is 33.0 Å². The van der Waals surface area contributed by atoms with Crippen molar-refractivity contribution in [2.45, 2.75) is 33.1 Å². The van der Waals surface area contributed by atoms with Crippen LogP contribution in [-0.2, 0) is 6.42 Å². The van der Waals surface area contributed by atoms with E-state index in [1.807, 2.05) is 24.3 Å². The van der Waals surface area contributed by atoms with E-state index in [4.69, 9.17) is 4.74 Å². The minimum Gasteiger partial charge on any atom is -0.497 e. The van der Waals surface area contributed by atoms with E-state index in [1.165, 1.54) is 5.56 Å². The molecule has 0 saturated carbocycles. The van der Waals surface area contributed by atoms with Crippen LogP contribution in [0.3, 0.4) is 0 Å². The van der Waals surface area contributed by atoms with Crippen LogP contribution in [-0.4, -0.2) is 7.11 Å². The number of ether oxygens (including phenoxy) is 1. The highest BCUT2D eigenvalue weighted by Gasteiger charge is 2.25. The second kappa shape index (κ2) is 5.55. The van der Waals surface area contributed by atoms with E-state index in [-0.39, 0.29) is 5.41 Å². The Kier molecular flexibility index (Phi) is 4.37. The molecule has 16 heavy (non-hydrogen) atoms. The molecule has 2 heteroatoms. The largest absolute Gasteiger partial charge is 0.497 e. The maximum atomic E-state index is 9.26. The maximum Gasteiger partial charge on any atom is 0.118 e. The summed E-state index contributed by atoms with van der Waals surface area (Å²) in [6.07, 6.45) is 2.61. The van der Waals surface area contributed by atoms with Crippen LogP contribution in [0, 0.1) is 16.7 Å². The molecule has 0 N–H and O–H groups in total. The highest BCUT2D eigenvalue weighted by atomic mass is 16.5. The van der Waals surface area contributed by atoms with Crippen LogP contribution >= 0.6 is 0 Å². The Morgan fingerprint density at radius 3 is 2.12 bits per heavy atom. The minimum atomic E-state index is -0.214. The molecule has 0 saturated heterocycles. The average Bonchev–Trinajstić information content (AvgIpc) is 2.37. The molecule has 0 heterocycles. The van der Waals surface area contributed by atoms with Gasteiger partial charge in [0.15, 0.2) is 0 Å². The fraction of sp³-hybridized carbons (Fsp3) is 0.500. The molecule has 0 aliphatic rings. The summed E-state index contributed by atoms with van der Waals surface area (Å²) >= 11 is 0. The van der Waals surface area contributed by atoms with Crippen molar-refractivity contribution in [2.75, 3.05) is 7.11 Å². The summed E-state index contributed by atoms with van der Waals surface area (Å²) in [5.74, 6) is 0.860. The van der Waals surface area contributed by atoms with E-state index in [0.29, 0.717) is 0 Å². The Labute approximate surface area is 97.9 Å². The summed E-state index contributed by atoms with van der Waals surface area (Å²) in [7, 11) is 1.66. The molecule has 0 spiro atoms. The molecule has 86 valence electrons. The van der Waals surface area contributed by atoms with Gasteiger partial charge in [0.2, 0.25) is 0 Å². The molecule has 0 atom stereocenters. The van der Waals surface area contributed by atoms with Gasteiger partial charge in [-0.3, -0.25) is 0 Å². The van der Waals surface area contributed by atoms with Crippen LogP contribution in [0.2, 0.25) is 0 Å². The van der Waals surface area contributed by atoms with Crippen molar-refractivity contribution in [1.29, 1.82) is 5.26 Å². The first-order valence-corrected chi connectivity index (χ1v) is 5.74. The zero-order valence-electron chi connectivity index (χ0n) is 10.3. The first-order chi connectivity index (χ1) is 7.69. The number of rotatable bonds is 5. The monoisotopic (exact) mass is 217 g/mol. The second-order valence-electron chi connectivity index (χ2n) is 4.12. The number of hydrogen-bond acceptors (Lipinski definition) is 2. The molecule has 0 radical (unpaired) electrons. The zero-order chi connectivity index (χ0) is 12.0. The molecule has 1 aromatic carbocycles. The number of nitriles is 1. The molecule has 0 aliphatic carbocycles. The van der Waals surface area contributed by atoms with Gasteiger partial charge in [0, 0.05) is 0 Å². The SMILES string of the molecule is CCC(C#N)(CC)Cc1ccc(OC)cc1. The van der Waals surface area contributed by atoms with Gasteiger partial charge in [-0.05, 0) is 37.0 Å². The lowest BCUT2D eigenvalue weighted by Gasteiger charge is -2.23. The van der Waals surface area contributed by atoms with E-state index < -0.39 is 0 Å². The normalized spacial score (nSPS) is 10.9. The van der Waals surface area contributed by atoms with E-state index >= 15 is 0 Å². The Hall–Kier alpha value is -1.49. The van der Waals surface area contributed by atoms with Crippen molar-refractivity contribution in [3.63, 3.8) is 0 Å². The summed E-state index contributed by atoms with van der Waals surface area (Å²) in [5.41, 5.74) is 0.986. The van der Waals surface area contributed by atoms with E-state index in [0.717, 1.165) is 25.0 Å². The average molecular weight is 217 g/mol. The van der Waals surface area contributed by atoms with Gasteiger partial charge in [-0.25, -0.2) is 0 Å². The predicted molar refractivity (Wildman–Crippen MR) is 65.3 cm³/mol. The van der Waals surface area contributed by atoms with E-state index in [1.54, 1.807) is 7.11 Å². The number of benzene rings is 1. The highest BCUT2D eigenvalue weighted by molar-refractivity contribution is 5.28. The smallest absolute Gasteiger partial charge is 0.118 e. The van der Waals surface area contributed by atoms with Crippen molar-refractivity contribution in [3.05, 3.63) is 29.8 Å². The van der Waals surface area contributed by atoms with Crippen molar-refractivity contribution in [3.8, 4) is 11.8 Å². The second-order valence-corrected chi connectivity index (χ2v) is 4.12. The first-order valence-electron chi connectivity index (χ1n) is 5.74. The van der Waals surface area contributed by atoms with Gasteiger partial charge in [-0.2, -0.15) is 5.26 Å². The fourth-order valence-corrected chi connectivity index (χ4v) is 1.83. The lowest BCUT2D eigenvalue weighted by atomic mass is 9.78. The quantitative estimate of drug-likeness (QED) is 0.755. The summed E-state index contributed by atoms with van der Waals surface area (Å²) in [4.78, 5) is 0. The van der Waals surface area contributed by atoms with Gasteiger partial charge >= 0.3 is 0 Å². The third-order valence-electron chi connectivity index (χ3n) is 3.29. The molecule has 2 nitrogen and oxygen atoms in total. The summed E-state index contributed by atoms with van der Waals surface area (Å²) in [5, 5.41) is 9.26. The zero-order valence-corrected chi connectivity index (χ0v) is 10.3. The molecule has 0 unspecified atom stereocenters. The number of nitrogens with zero attached hydrogens (tertiary/aromatic N) is 1. The Morgan fingerprint density at radius 1 is 1.19 bits per heavy atom. The predicted octanol–water partition coefficient (Wildman–Crippen LogP) is 3.57. The Morgan fingerprint density at radius 2 is 1.75 bits per heavy atom. The van der Waals surface area contributed by atoms with Gasteiger partial charge in [-0.15, -0.1) is 0 Å². The van der Waals surface area contributed by atoms with Crippen LogP contribution in [0.1, 0.15) is 32.3 Å². The Bertz CT molecular complexity index is 357. The van der Waals surface area contributed by atoms with Crippen LogP contribution in [0.15, 0.2) is 24.3 Å². The molecular weight excluding hydrogens is 198 g/mol. The number of methoxy groups -OCH3 is 1. The standard InChI is InChI=1S/C14H19NO/c1-4-14(5-2,11-15)10-12-6-8-13(16-3)9-7-12/h6-9H,4-5,10H2,1-3H3. The minimum absolute atomic E-state index is 0.214. The van der Waals surface area contributed by atoms with Crippen LogP contribution in [0.4, 0.5) is 0 Å². The van der Waals surface area contributed by atoms with E-state index in [9.17, 15) is 5.26 Å². The molecule has 0 amide bonds. The molecule has 0 aliphatic heterocycles. The third-order valence-corrected chi connectivity index (χ3v) is 3.29. The van der Waals surface area contributed by atoms with Crippen molar-refractivity contribution >= 4 is 0 Å². The van der Waals surface area contributed by atoms with E-state index in [2.05, 4.69) is 19.9 Å². The highest BCUT2D eigenvalue weighted by Crippen LogP contribution is 2.30. The lowest BCUT2D eigenvalue weighted by molar-refractivity contribution is 0.363. The van der Waals surface area contributed by atoms with Gasteiger partial charge < -0.3 is 4.74 Å². The molecule has 0 bridgehead atoms. The molecule has 1 aromatic rings. The van der Waals surface area contributed by atoms with Crippen LogP contribution in [0.5, 0.6) is 5.75 Å². The summed E-state index contributed by atoms with van der Waals surface area (Å²) in [6.45, 7) is 4.16. The molecular formula is C14H19NO. The van der Waals surface area contributed by atoms with Crippen molar-refractivity contribution < 1.29 is 4.74 Å². The van der Waals surface area contributed by atoms with Crippen LogP contribution in [0.25, 0.3) is 0 Å². The Balaban J connectivity index is 2.82. The van der Waals surface area contributed by atoms with Crippen molar-refractivity contribution in [2.24, 2.45) is 5.41 Å². The summed E-state index contributed by atoms with van der Waals surface area (Å²) < 4.78 is 5.11. The number of hydrogen-bond donors (Lipinski definition) is 0. The van der Waals surface area contributed by atoms with Gasteiger partial charge in [0.25, 0.3) is 0 Å². The summed E-state index contributed by atoms with van der Waals surface area (Å²) in [6, 6.07) is 10.4. The van der Waals surface area contributed by atoms with Gasteiger partial charge in [-0.1, -0.05) is 26.0 Å². The van der Waals surface area contributed by atoms with Gasteiger partial charge in [0.05, 0.1) is 18.6 Å². The fourth-order valence-electron chi connectivity index (χ4n) is 1.83. The van der Waals surface area contributed by atoms with Crippen LogP contribution < -0.4 is 4.74 Å². The van der Waals surface area contributed by atoms with Crippen molar-refractivity contribution in [1.82, 2.24) is 0 Å². The molecule has 0 aromatic heterocycles. The lowest BCUT2D eigenvalue weighted by Crippen LogP contribution is -2.19. The maximum absolute atomic E-state index is 9.26. The molecule has 0 fully saturated rings. The molecule has 1 rings (SSSR count). The first kappa shape index (κ1) is 12.6. The van der Waals surface area contributed by atoms with Gasteiger partial charge in [0.1, 0.15) is 5.75 Å². The third kappa shape index (κ3) is 2.76.